The van der Waals surface area contributed by atoms with E-state index in [1.165, 1.54) is 0 Å². The molecule has 0 amide bonds. The van der Waals surface area contributed by atoms with Gasteiger partial charge in [0.2, 0.25) is 0 Å². The van der Waals surface area contributed by atoms with Gasteiger partial charge in [-0.1, -0.05) is 0 Å². The summed E-state index contributed by atoms with van der Waals surface area (Å²) in [4.78, 5) is 6.78. The summed E-state index contributed by atoms with van der Waals surface area (Å²) < 4.78 is 11.0. The standard InChI is InChI=1S/C16H21N3O2/c1-12-3-5-15(21-12)13(2)18-16-6-4-14(11-17-16)19-7-9-20-10-8-19/h3-6,11,13H,7-10H2,1-2H3,(H,17,18)/t13-/m1/s1. The molecular weight excluding hydrogens is 266 g/mol. The molecule has 1 aliphatic heterocycles. The lowest BCUT2D eigenvalue weighted by Crippen LogP contribution is -2.36. The van der Waals surface area contributed by atoms with E-state index in [0.29, 0.717) is 0 Å². The van der Waals surface area contributed by atoms with Crippen molar-refractivity contribution in [2.75, 3.05) is 36.5 Å². The highest BCUT2D eigenvalue weighted by Gasteiger charge is 2.13. The lowest BCUT2D eigenvalue weighted by molar-refractivity contribution is 0.122. The van der Waals surface area contributed by atoms with Crippen LogP contribution in [0.2, 0.25) is 0 Å². The van der Waals surface area contributed by atoms with Crippen LogP contribution in [0.1, 0.15) is 24.5 Å². The average molecular weight is 287 g/mol. The molecule has 1 atom stereocenters. The molecule has 3 heterocycles. The lowest BCUT2D eigenvalue weighted by Gasteiger charge is -2.28. The maximum Gasteiger partial charge on any atom is 0.126 e. The van der Waals surface area contributed by atoms with Gasteiger partial charge in [0.1, 0.15) is 17.3 Å². The van der Waals surface area contributed by atoms with Crippen molar-refractivity contribution in [3.05, 3.63) is 42.0 Å². The van der Waals surface area contributed by atoms with E-state index in [1.807, 2.05) is 31.3 Å². The molecular formula is C16H21N3O2. The first-order valence-electron chi connectivity index (χ1n) is 7.34. The van der Waals surface area contributed by atoms with Crippen molar-refractivity contribution in [1.82, 2.24) is 4.98 Å². The van der Waals surface area contributed by atoms with E-state index < -0.39 is 0 Å². The molecule has 1 aliphatic rings. The van der Waals surface area contributed by atoms with Gasteiger partial charge in [-0.3, -0.25) is 0 Å². The Labute approximate surface area is 124 Å². The summed E-state index contributed by atoms with van der Waals surface area (Å²) in [5, 5.41) is 3.35. The van der Waals surface area contributed by atoms with Crippen LogP contribution in [0.3, 0.4) is 0 Å². The number of rotatable bonds is 4. The predicted octanol–water partition coefficient (Wildman–Crippen LogP) is 2.99. The third-order valence-electron chi connectivity index (χ3n) is 3.68. The molecule has 0 bridgehead atoms. The summed E-state index contributed by atoms with van der Waals surface area (Å²) >= 11 is 0. The second-order valence-corrected chi connectivity index (χ2v) is 5.32. The Morgan fingerprint density at radius 3 is 2.62 bits per heavy atom. The van der Waals surface area contributed by atoms with Gasteiger partial charge < -0.3 is 19.4 Å². The molecule has 5 nitrogen and oxygen atoms in total. The first-order chi connectivity index (χ1) is 10.2. The van der Waals surface area contributed by atoms with E-state index in [4.69, 9.17) is 9.15 Å². The number of morpholine rings is 1. The lowest BCUT2D eigenvalue weighted by atomic mass is 10.2. The number of hydrogen-bond donors (Lipinski definition) is 1. The molecule has 0 spiro atoms. The maximum atomic E-state index is 5.62. The minimum Gasteiger partial charge on any atom is -0.464 e. The molecule has 3 rings (SSSR count). The van der Waals surface area contributed by atoms with E-state index in [2.05, 4.69) is 28.2 Å². The van der Waals surface area contributed by atoms with Crippen LogP contribution in [0.25, 0.3) is 0 Å². The van der Waals surface area contributed by atoms with Crippen molar-refractivity contribution in [3.8, 4) is 0 Å². The van der Waals surface area contributed by atoms with Crippen molar-refractivity contribution in [3.63, 3.8) is 0 Å². The first kappa shape index (κ1) is 13.9. The second kappa shape index (κ2) is 6.18. The SMILES string of the molecule is Cc1ccc([C@@H](C)Nc2ccc(N3CCOCC3)cn2)o1. The Balaban J connectivity index is 1.63. The Hall–Kier alpha value is -2.01. The topological polar surface area (TPSA) is 50.5 Å². The number of pyridine rings is 1. The number of ether oxygens (including phenoxy) is 1. The van der Waals surface area contributed by atoms with Crippen LogP contribution in [-0.2, 0) is 4.74 Å². The summed E-state index contributed by atoms with van der Waals surface area (Å²) in [5.74, 6) is 2.70. The Kier molecular flexibility index (Phi) is 4.10. The Morgan fingerprint density at radius 1 is 1.19 bits per heavy atom. The van der Waals surface area contributed by atoms with Crippen LogP contribution in [0.4, 0.5) is 11.5 Å². The second-order valence-electron chi connectivity index (χ2n) is 5.32. The van der Waals surface area contributed by atoms with Crippen LogP contribution in [0.5, 0.6) is 0 Å². The summed E-state index contributed by atoms with van der Waals surface area (Å²) in [6.45, 7) is 7.44. The maximum absolute atomic E-state index is 5.62. The van der Waals surface area contributed by atoms with E-state index in [-0.39, 0.29) is 6.04 Å². The molecule has 0 aromatic carbocycles. The minimum atomic E-state index is 0.0976. The first-order valence-corrected chi connectivity index (χ1v) is 7.34. The van der Waals surface area contributed by atoms with Gasteiger partial charge in [-0.15, -0.1) is 0 Å². The zero-order valence-corrected chi connectivity index (χ0v) is 12.5. The van der Waals surface area contributed by atoms with Gasteiger partial charge in [0.05, 0.1) is 31.1 Å². The van der Waals surface area contributed by atoms with Gasteiger partial charge in [-0.25, -0.2) is 4.98 Å². The van der Waals surface area contributed by atoms with Gasteiger partial charge in [-0.2, -0.15) is 0 Å². The fourth-order valence-electron chi connectivity index (χ4n) is 2.46. The fourth-order valence-corrected chi connectivity index (χ4v) is 2.46. The predicted molar refractivity (Wildman–Crippen MR) is 82.8 cm³/mol. The van der Waals surface area contributed by atoms with Gasteiger partial charge >= 0.3 is 0 Å². The number of aromatic nitrogens is 1. The molecule has 1 fully saturated rings. The van der Waals surface area contributed by atoms with E-state index in [9.17, 15) is 0 Å². The van der Waals surface area contributed by atoms with Crippen molar-refractivity contribution in [2.24, 2.45) is 0 Å². The molecule has 1 N–H and O–H groups in total. The molecule has 0 unspecified atom stereocenters. The number of anilines is 2. The third-order valence-corrected chi connectivity index (χ3v) is 3.68. The molecule has 2 aromatic heterocycles. The molecule has 21 heavy (non-hydrogen) atoms. The van der Waals surface area contributed by atoms with Crippen LogP contribution < -0.4 is 10.2 Å². The molecule has 0 aliphatic carbocycles. The van der Waals surface area contributed by atoms with Gasteiger partial charge in [-0.05, 0) is 38.1 Å². The van der Waals surface area contributed by atoms with E-state index in [1.54, 1.807) is 0 Å². The number of nitrogens with zero attached hydrogens (tertiary/aromatic N) is 2. The number of furan rings is 1. The van der Waals surface area contributed by atoms with Crippen LogP contribution in [0, 0.1) is 6.92 Å². The average Bonchev–Trinajstić information content (AvgIpc) is 2.96. The highest BCUT2D eigenvalue weighted by atomic mass is 16.5. The summed E-state index contributed by atoms with van der Waals surface area (Å²) in [7, 11) is 0. The summed E-state index contributed by atoms with van der Waals surface area (Å²) in [6.07, 6.45) is 1.91. The van der Waals surface area contributed by atoms with Crippen molar-refractivity contribution in [2.45, 2.75) is 19.9 Å². The summed E-state index contributed by atoms with van der Waals surface area (Å²) in [6, 6.07) is 8.18. The Bertz CT molecular complexity index is 573. The minimum absolute atomic E-state index is 0.0976. The fraction of sp³-hybridized carbons (Fsp3) is 0.438. The Morgan fingerprint density at radius 2 is 2.00 bits per heavy atom. The van der Waals surface area contributed by atoms with Crippen molar-refractivity contribution < 1.29 is 9.15 Å². The molecule has 5 heteroatoms. The highest BCUT2D eigenvalue weighted by Crippen LogP contribution is 2.22. The largest absolute Gasteiger partial charge is 0.464 e. The van der Waals surface area contributed by atoms with Crippen LogP contribution in [0.15, 0.2) is 34.9 Å². The van der Waals surface area contributed by atoms with Crippen molar-refractivity contribution in [1.29, 1.82) is 0 Å². The van der Waals surface area contributed by atoms with Gasteiger partial charge in [0, 0.05) is 13.1 Å². The summed E-state index contributed by atoms with van der Waals surface area (Å²) in [5.41, 5.74) is 1.14. The van der Waals surface area contributed by atoms with E-state index in [0.717, 1.165) is 49.3 Å². The van der Waals surface area contributed by atoms with Crippen LogP contribution in [-0.4, -0.2) is 31.3 Å². The van der Waals surface area contributed by atoms with Gasteiger partial charge in [0.15, 0.2) is 0 Å². The van der Waals surface area contributed by atoms with Crippen molar-refractivity contribution >= 4 is 11.5 Å². The number of aryl methyl sites for hydroxylation is 1. The monoisotopic (exact) mass is 287 g/mol. The third kappa shape index (κ3) is 3.36. The van der Waals surface area contributed by atoms with Crippen LogP contribution >= 0.6 is 0 Å². The van der Waals surface area contributed by atoms with E-state index >= 15 is 0 Å². The number of nitrogens with one attached hydrogen (secondary N) is 1. The highest BCUT2D eigenvalue weighted by molar-refractivity contribution is 5.50. The molecule has 0 radical (unpaired) electrons. The molecule has 112 valence electrons. The zero-order valence-electron chi connectivity index (χ0n) is 12.5. The zero-order chi connectivity index (χ0) is 14.7. The molecule has 1 saturated heterocycles. The molecule has 0 saturated carbocycles. The normalized spacial score (nSPS) is 16.8. The number of hydrogen-bond acceptors (Lipinski definition) is 5. The quantitative estimate of drug-likeness (QED) is 0.937. The molecule has 2 aromatic rings. The smallest absolute Gasteiger partial charge is 0.126 e. The van der Waals surface area contributed by atoms with Gasteiger partial charge in [0.25, 0.3) is 0 Å².